The summed E-state index contributed by atoms with van der Waals surface area (Å²) < 4.78 is 5.29. The third-order valence-electron chi connectivity index (χ3n) is 7.85. The van der Waals surface area contributed by atoms with E-state index in [4.69, 9.17) is 21.3 Å². The predicted octanol–water partition coefficient (Wildman–Crippen LogP) is 6.18. The number of ether oxygens (including phenoxy) is 1. The van der Waals surface area contributed by atoms with Gasteiger partial charge < -0.3 is 19.9 Å². The maximum Gasteiger partial charge on any atom is 0.336 e. The molecule has 216 valence electrons. The lowest BCUT2D eigenvalue weighted by molar-refractivity contribution is 0.250. The second kappa shape index (κ2) is 11.5. The molecule has 0 bridgehead atoms. The largest absolute Gasteiger partial charge is 0.495 e. The topological polar surface area (TPSA) is 90.0 Å². The highest BCUT2D eigenvalue weighted by Gasteiger charge is 2.40. The molecule has 0 saturated carbocycles. The lowest BCUT2D eigenvalue weighted by Gasteiger charge is -2.40. The second-order valence-corrected chi connectivity index (χ2v) is 11.0. The van der Waals surface area contributed by atoms with Crippen LogP contribution in [-0.2, 0) is 0 Å². The van der Waals surface area contributed by atoms with Crippen molar-refractivity contribution in [3.8, 4) is 5.75 Å². The molecule has 6 rings (SSSR count). The smallest absolute Gasteiger partial charge is 0.336 e. The summed E-state index contributed by atoms with van der Waals surface area (Å²) in [4.78, 5) is 36.2. The molecular formula is C31H33ClN8O2. The number of anilines is 6. The van der Waals surface area contributed by atoms with Crippen molar-refractivity contribution < 1.29 is 9.53 Å². The molecule has 0 radical (unpaired) electrons. The first-order valence-electron chi connectivity index (χ1n) is 13.9. The minimum Gasteiger partial charge on any atom is -0.495 e. The maximum absolute atomic E-state index is 14.3. The summed E-state index contributed by atoms with van der Waals surface area (Å²) in [6, 6.07) is 16.7. The molecule has 2 amide bonds. The monoisotopic (exact) mass is 584 g/mol. The van der Waals surface area contributed by atoms with Gasteiger partial charge in [0.2, 0.25) is 5.95 Å². The molecule has 42 heavy (non-hydrogen) atoms. The Morgan fingerprint density at radius 2 is 1.74 bits per heavy atom. The van der Waals surface area contributed by atoms with Gasteiger partial charge in [-0.05, 0) is 68.9 Å². The Bertz CT molecular complexity index is 1570. The minimum absolute atomic E-state index is 0.315. The molecule has 2 aliphatic rings. The zero-order valence-electron chi connectivity index (χ0n) is 24.1. The van der Waals surface area contributed by atoms with Crippen LogP contribution in [0, 0.1) is 6.92 Å². The molecule has 1 N–H and O–H groups in total. The molecule has 2 aliphatic heterocycles. The van der Waals surface area contributed by atoms with Gasteiger partial charge >= 0.3 is 6.03 Å². The number of nitrogens with one attached hydrogen (secondary N) is 1. The number of amides is 2. The molecule has 1 saturated heterocycles. The number of aryl methyl sites for hydroxylation is 1. The van der Waals surface area contributed by atoms with E-state index in [-0.39, 0.29) is 12.1 Å². The van der Waals surface area contributed by atoms with Gasteiger partial charge in [0.05, 0.1) is 30.1 Å². The van der Waals surface area contributed by atoms with E-state index in [0.717, 1.165) is 43.0 Å². The number of carbonyl (C=O) groups excluding carboxylic acids is 1. The van der Waals surface area contributed by atoms with Crippen molar-refractivity contribution in [1.82, 2.24) is 19.9 Å². The number of halogens is 1. The highest BCUT2D eigenvalue weighted by atomic mass is 35.5. The molecule has 0 spiro atoms. The van der Waals surface area contributed by atoms with Gasteiger partial charge in [0, 0.05) is 49.3 Å². The van der Waals surface area contributed by atoms with Crippen molar-refractivity contribution in [2.24, 2.45) is 0 Å². The van der Waals surface area contributed by atoms with E-state index in [0.29, 0.717) is 34.0 Å². The summed E-state index contributed by atoms with van der Waals surface area (Å²) in [6.07, 6.45) is 3.34. The fraction of sp³-hybridized carbons (Fsp3) is 0.290. The van der Waals surface area contributed by atoms with Crippen LogP contribution in [0.5, 0.6) is 5.75 Å². The molecule has 4 aromatic rings. The van der Waals surface area contributed by atoms with Crippen LogP contribution in [0.2, 0.25) is 5.02 Å². The van der Waals surface area contributed by atoms with E-state index in [1.165, 1.54) is 10.6 Å². The molecule has 4 heterocycles. The zero-order valence-corrected chi connectivity index (χ0v) is 24.8. The minimum atomic E-state index is -0.377. The van der Waals surface area contributed by atoms with Crippen molar-refractivity contribution in [2.45, 2.75) is 19.9 Å². The molecule has 0 aliphatic carbocycles. The molecule has 2 aromatic heterocycles. The van der Waals surface area contributed by atoms with E-state index >= 15 is 0 Å². The quantitative estimate of drug-likeness (QED) is 0.287. The number of pyridine rings is 1. The van der Waals surface area contributed by atoms with Gasteiger partial charge in [0.25, 0.3) is 0 Å². The number of carbonyl (C=O) groups is 1. The van der Waals surface area contributed by atoms with Crippen LogP contribution in [-0.4, -0.2) is 66.2 Å². The number of rotatable bonds is 6. The van der Waals surface area contributed by atoms with Crippen LogP contribution in [0.15, 0.2) is 67.0 Å². The van der Waals surface area contributed by atoms with Crippen LogP contribution in [0.3, 0.4) is 0 Å². The Balaban J connectivity index is 1.35. The fourth-order valence-corrected chi connectivity index (χ4v) is 5.73. The van der Waals surface area contributed by atoms with Gasteiger partial charge in [-0.15, -0.1) is 0 Å². The summed E-state index contributed by atoms with van der Waals surface area (Å²) in [6.45, 7) is 7.99. The van der Waals surface area contributed by atoms with Gasteiger partial charge in [-0.25, -0.2) is 19.7 Å². The summed E-state index contributed by atoms with van der Waals surface area (Å²) in [5.74, 6) is 1.82. The lowest BCUT2D eigenvalue weighted by Crippen LogP contribution is -2.48. The molecule has 1 atom stereocenters. The standard InChI is InChI=1S/C31H33ClN8O2/c1-20-6-5-7-26(32)28(20)39-21(2)25-19-34-30(35-22-8-10-23(11-9-22)38-16-14-37(3)15-17-38)36-29(25)40(31(39)41)27-13-12-24(42-4)18-33-27/h5-13,18-19,21H,14-17H2,1-4H3,(H,34,35,36). The van der Waals surface area contributed by atoms with Gasteiger partial charge in [-0.2, -0.15) is 4.98 Å². The average Bonchev–Trinajstić information content (AvgIpc) is 3.00. The molecular weight excluding hydrogens is 552 g/mol. The Kier molecular flexibility index (Phi) is 7.57. The number of likely N-dealkylation sites (N-methyl/N-ethyl adjacent to an activating group) is 1. The number of benzene rings is 2. The number of urea groups is 1. The number of aromatic nitrogens is 3. The highest BCUT2D eigenvalue weighted by molar-refractivity contribution is 6.34. The van der Waals surface area contributed by atoms with E-state index in [1.54, 1.807) is 42.6 Å². The first-order valence-corrected chi connectivity index (χ1v) is 14.3. The van der Waals surface area contributed by atoms with E-state index in [2.05, 4.69) is 44.3 Å². The van der Waals surface area contributed by atoms with Crippen molar-refractivity contribution in [3.63, 3.8) is 0 Å². The lowest BCUT2D eigenvalue weighted by atomic mass is 10.0. The molecule has 1 fully saturated rings. The average molecular weight is 585 g/mol. The van der Waals surface area contributed by atoms with Crippen LogP contribution in [0.4, 0.5) is 39.4 Å². The summed E-state index contributed by atoms with van der Waals surface area (Å²) in [5.41, 5.74) is 4.33. The number of methoxy groups -OCH3 is 1. The summed E-state index contributed by atoms with van der Waals surface area (Å²) in [7, 11) is 3.73. The van der Waals surface area contributed by atoms with Crippen molar-refractivity contribution >= 4 is 52.3 Å². The van der Waals surface area contributed by atoms with Crippen molar-refractivity contribution in [1.29, 1.82) is 0 Å². The number of hydrogen-bond acceptors (Lipinski definition) is 8. The van der Waals surface area contributed by atoms with E-state index in [9.17, 15) is 4.79 Å². The van der Waals surface area contributed by atoms with Gasteiger partial charge in [0.1, 0.15) is 11.6 Å². The van der Waals surface area contributed by atoms with Crippen molar-refractivity contribution in [2.75, 3.05) is 60.4 Å². The normalized spacial score (nSPS) is 17.3. The first kappa shape index (κ1) is 27.7. The van der Waals surface area contributed by atoms with Crippen LogP contribution in [0.1, 0.15) is 24.1 Å². The Hall–Kier alpha value is -4.41. The predicted molar refractivity (Wildman–Crippen MR) is 167 cm³/mol. The highest BCUT2D eigenvalue weighted by Crippen LogP contribution is 2.44. The summed E-state index contributed by atoms with van der Waals surface area (Å²) >= 11 is 6.65. The van der Waals surface area contributed by atoms with Crippen molar-refractivity contribution in [3.05, 3.63) is 83.1 Å². The van der Waals surface area contributed by atoms with E-state index in [1.807, 2.05) is 38.1 Å². The SMILES string of the molecule is COc1ccc(N2C(=O)N(c3c(C)cccc3Cl)C(C)c3cnc(Nc4ccc(N5CCN(C)CC5)cc4)nc32)nc1. The molecule has 11 heteroatoms. The Morgan fingerprint density at radius 1 is 0.976 bits per heavy atom. The second-order valence-electron chi connectivity index (χ2n) is 10.6. The zero-order chi connectivity index (χ0) is 29.4. The van der Waals surface area contributed by atoms with Crippen LogP contribution < -0.4 is 24.8 Å². The number of para-hydroxylation sites is 1. The van der Waals surface area contributed by atoms with Crippen LogP contribution >= 0.6 is 11.6 Å². The van der Waals surface area contributed by atoms with E-state index < -0.39 is 0 Å². The third-order valence-corrected chi connectivity index (χ3v) is 8.15. The first-order chi connectivity index (χ1) is 20.3. The summed E-state index contributed by atoms with van der Waals surface area (Å²) in [5, 5.41) is 3.80. The third kappa shape index (κ3) is 5.19. The Morgan fingerprint density at radius 3 is 2.40 bits per heavy atom. The molecule has 10 nitrogen and oxygen atoms in total. The van der Waals surface area contributed by atoms with Gasteiger partial charge in [0.15, 0.2) is 5.82 Å². The molecule has 1 unspecified atom stereocenters. The number of nitrogens with zero attached hydrogens (tertiary/aromatic N) is 7. The Labute approximate surface area is 250 Å². The van der Waals surface area contributed by atoms with Crippen LogP contribution in [0.25, 0.3) is 0 Å². The molecule has 2 aromatic carbocycles. The van der Waals surface area contributed by atoms with Gasteiger partial charge in [-0.1, -0.05) is 23.7 Å². The number of fused-ring (bicyclic) bond motifs is 1. The maximum atomic E-state index is 14.3. The fourth-order valence-electron chi connectivity index (χ4n) is 5.42. The number of hydrogen-bond donors (Lipinski definition) is 1. The van der Waals surface area contributed by atoms with Gasteiger partial charge in [-0.3, -0.25) is 4.90 Å². The number of piperazine rings is 1.